The molecule has 2 fully saturated rings. The molecule has 0 bridgehead atoms. The van der Waals surface area contributed by atoms with Gasteiger partial charge in [0, 0.05) is 6.61 Å². The number of ether oxygens (including phenoxy) is 2. The molecule has 0 N–H and O–H groups in total. The molecule has 0 aliphatic carbocycles. The van der Waals surface area contributed by atoms with E-state index in [0.29, 0.717) is 0 Å². The molecule has 2 rings (SSSR count). The van der Waals surface area contributed by atoms with Gasteiger partial charge < -0.3 is 27.2 Å². The molecule has 2 heterocycles. The third-order valence-corrected chi connectivity index (χ3v) is 31.4. The molecule has 0 spiro atoms. The van der Waals surface area contributed by atoms with Crippen LogP contribution < -0.4 is 0 Å². The number of hydrogen-bond donors (Lipinski definition) is 0. The van der Waals surface area contributed by atoms with Crippen molar-refractivity contribution in [3.63, 3.8) is 0 Å². The van der Waals surface area contributed by atoms with Gasteiger partial charge in [0.15, 0.2) is 33.3 Å². The molecular formula is C37H77IO6Si4. The van der Waals surface area contributed by atoms with E-state index in [2.05, 4.69) is 155 Å². The van der Waals surface area contributed by atoms with Crippen LogP contribution in [0, 0.1) is 0 Å². The average molecular weight is 857 g/mol. The quantitative estimate of drug-likeness (QED) is 0.121. The first-order chi connectivity index (χ1) is 21.7. The Morgan fingerprint density at radius 2 is 1.19 bits per heavy atom. The highest BCUT2D eigenvalue weighted by molar-refractivity contribution is 14.1. The van der Waals surface area contributed by atoms with Crippen molar-refractivity contribution in [2.75, 3.05) is 6.61 Å². The molecule has 284 valence electrons. The van der Waals surface area contributed by atoms with E-state index in [0.717, 1.165) is 25.9 Å². The summed E-state index contributed by atoms with van der Waals surface area (Å²) in [6.45, 7) is 42.6. The summed E-state index contributed by atoms with van der Waals surface area (Å²) in [5.74, 6) is 0. The lowest BCUT2D eigenvalue weighted by molar-refractivity contribution is -0.267. The zero-order valence-electron chi connectivity index (χ0n) is 34.5. The second-order valence-corrected chi connectivity index (χ2v) is 38.9. The lowest BCUT2D eigenvalue weighted by Gasteiger charge is -2.56. The molecule has 6 nitrogen and oxygen atoms in total. The van der Waals surface area contributed by atoms with Crippen LogP contribution in [0.2, 0.25) is 72.5 Å². The highest BCUT2D eigenvalue weighted by atomic mass is 127. The number of hydrogen-bond acceptors (Lipinski definition) is 6. The summed E-state index contributed by atoms with van der Waals surface area (Å²) in [6, 6.07) is 3.51. The molecule has 2 aliphatic rings. The van der Waals surface area contributed by atoms with E-state index in [1.807, 2.05) is 0 Å². The highest BCUT2D eigenvalue weighted by Gasteiger charge is 2.57. The van der Waals surface area contributed by atoms with Crippen LogP contribution in [-0.4, -0.2) is 82.6 Å². The van der Waals surface area contributed by atoms with Crippen LogP contribution in [-0.2, 0) is 27.2 Å². The Bertz CT molecular complexity index is 1020. The topological polar surface area (TPSA) is 55.4 Å². The van der Waals surface area contributed by atoms with Crippen molar-refractivity contribution in [2.24, 2.45) is 0 Å². The van der Waals surface area contributed by atoms with Crippen molar-refractivity contribution in [1.82, 2.24) is 0 Å². The van der Waals surface area contributed by atoms with Crippen LogP contribution >= 0.6 is 22.6 Å². The summed E-state index contributed by atoms with van der Waals surface area (Å²) in [5.41, 5.74) is 0. The van der Waals surface area contributed by atoms with Gasteiger partial charge in [0.1, 0.15) is 24.4 Å². The van der Waals surface area contributed by atoms with E-state index < -0.39 is 33.3 Å². The number of halogens is 1. The normalized spacial score (nSPS) is 27.7. The molecule has 0 aromatic rings. The van der Waals surface area contributed by atoms with Gasteiger partial charge in [0.25, 0.3) is 0 Å². The Morgan fingerprint density at radius 3 is 1.62 bits per heavy atom. The van der Waals surface area contributed by atoms with Crippen molar-refractivity contribution in [3.05, 3.63) is 10.2 Å². The molecular weight excluding hydrogens is 780 g/mol. The predicted molar refractivity (Wildman–Crippen MR) is 224 cm³/mol. The largest absolute Gasteiger partial charge is 0.417 e. The minimum Gasteiger partial charge on any atom is -0.417 e. The molecule has 48 heavy (non-hydrogen) atoms. The maximum Gasteiger partial charge on any atom is 0.193 e. The molecule has 0 aromatic heterocycles. The fraction of sp³-hybridized carbons (Fsp3) is 0.946. The zero-order chi connectivity index (χ0) is 37.1. The maximum atomic E-state index is 7.54. The van der Waals surface area contributed by atoms with Crippen molar-refractivity contribution >= 4 is 55.9 Å². The first-order valence-electron chi connectivity index (χ1n) is 19.0. The van der Waals surface area contributed by atoms with Crippen LogP contribution in [0.4, 0.5) is 0 Å². The summed E-state index contributed by atoms with van der Waals surface area (Å²) < 4.78 is 45.5. The Morgan fingerprint density at radius 1 is 0.708 bits per heavy atom. The third-order valence-electron chi connectivity index (χ3n) is 12.9. The van der Waals surface area contributed by atoms with Gasteiger partial charge in [0.2, 0.25) is 0 Å². The maximum absolute atomic E-state index is 7.54. The van der Waals surface area contributed by atoms with Crippen LogP contribution in [0.15, 0.2) is 10.2 Å². The van der Waals surface area contributed by atoms with Crippen LogP contribution in [0.25, 0.3) is 0 Å². The van der Waals surface area contributed by atoms with Crippen molar-refractivity contribution in [2.45, 2.75) is 218 Å². The Labute approximate surface area is 315 Å². The van der Waals surface area contributed by atoms with Gasteiger partial charge in [-0.2, -0.15) is 0 Å². The first-order valence-corrected chi connectivity index (χ1v) is 31.5. The van der Waals surface area contributed by atoms with Gasteiger partial charge in [-0.3, -0.25) is 0 Å². The lowest BCUT2D eigenvalue weighted by atomic mass is 9.87. The zero-order valence-corrected chi connectivity index (χ0v) is 40.6. The van der Waals surface area contributed by atoms with E-state index in [4.69, 9.17) is 27.2 Å². The molecule has 0 radical (unpaired) electrons. The van der Waals surface area contributed by atoms with Gasteiger partial charge in [-0.1, -0.05) is 106 Å². The molecule has 11 heteroatoms. The summed E-state index contributed by atoms with van der Waals surface area (Å²) in [6.07, 6.45) is 3.74. The van der Waals surface area contributed by atoms with E-state index >= 15 is 0 Å². The summed E-state index contributed by atoms with van der Waals surface area (Å²) in [5, 5.41) is 0.116. The molecule has 2 saturated heterocycles. The molecule has 2 aliphatic heterocycles. The van der Waals surface area contributed by atoms with Crippen LogP contribution in [0.3, 0.4) is 0 Å². The van der Waals surface area contributed by atoms with Gasteiger partial charge in [0.05, 0.1) is 18.3 Å². The van der Waals surface area contributed by atoms with Gasteiger partial charge in [-0.25, -0.2) is 0 Å². The lowest BCUT2D eigenvalue weighted by Crippen LogP contribution is -2.69. The van der Waals surface area contributed by atoms with Crippen molar-refractivity contribution in [3.8, 4) is 0 Å². The fourth-order valence-electron chi connectivity index (χ4n) is 6.03. The molecule has 0 saturated carbocycles. The van der Waals surface area contributed by atoms with Gasteiger partial charge in [-0.05, 0) is 102 Å². The highest BCUT2D eigenvalue weighted by Crippen LogP contribution is 2.47. The summed E-state index contributed by atoms with van der Waals surface area (Å²) >= 11 is 2.33. The minimum atomic E-state index is -2.28. The first kappa shape index (κ1) is 45.3. The molecule has 7 atom stereocenters. The van der Waals surface area contributed by atoms with Gasteiger partial charge in [-0.15, -0.1) is 0 Å². The van der Waals surface area contributed by atoms with E-state index in [1.54, 1.807) is 0 Å². The van der Waals surface area contributed by atoms with Crippen LogP contribution in [0.5, 0.6) is 0 Å². The van der Waals surface area contributed by atoms with Gasteiger partial charge >= 0.3 is 0 Å². The molecule has 0 aromatic carbocycles. The van der Waals surface area contributed by atoms with Crippen molar-refractivity contribution in [1.29, 1.82) is 0 Å². The summed E-state index contributed by atoms with van der Waals surface area (Å²) in [7, 11) is -8.34. The second kappa shape index (κ2) is 17.1. The monoisotopic (exact) mass is 856 g/mol. The van der Waals surface area contributed by atoms with E-state index in [9.17, 15) is 0 Å². The Balaban J connectivity index is 2.65. The Kier molecular flexibility index (Phi) is 16.1. The standard InChI is InChI=1S/C37H77IO6Si4/c1-19-48(20-2,21-3)39-27-25-28-22-23-29-31(40-28)33(43-46(15,16)36(7,8)9)34(44-47(17,18)37(10,11)12)32(41-29)30(24-26-38)42-45(13,14)35(4,5)6/h24,26,28-34H,19-23,25,27H2,1-18H3/b26-24+/t28?,29?,30?,31-,32-,33?,34?/m0/s1. The SMILES string of the molecule is CC[Si](CC)(CC)OCCC1CCC2O[C@@H](C(/C=C/I)O[Si](C)(C)C(C)(C)C)C(O[Si](C)(C)C(C)(C)C)C(O[Si](C)(C)C(C)(C)C)[C@H]2O1. The Hall–Kier alpha value is 1.10. The minimum absolute atomic E-state index is 0.0202. The van der Waals surface area contributed by atoms with E-state index in [1.165, 1.54) is 18.1 Å². The van der Waals surface area contributed by atoms with Crippen LogP contribution in [0.1, 0.15) is 102 Å². The predicted octanol–water partition coefficient (Wildman–Crippen LogP) is 11.8. The van der Waals surface area contributed by atoms with Crippen molar-refractivity contribution < 1.29 is 27.2 Å². The average Bonchev–Trinajstić information content (AvgIpc) is 2.94. The second-order valence-electron chi connectivity index (χ2n) is 19.2. The summed E-state index contributed by atoms with van der Waals surface area (Å²) in [4.78, 5) is 0. The van der Waals surface area contributed by atoms with E-state index in [-0.39, 0.29) is 57.8 Å². The smallest absolute Gasteiger partial charge is 0.193 e. The fourth-order valence-corrected chi connectivity index (χ4v) is 13.0. The molecule has 5 unspecified atom stereocenters. The number of rotatable bonds is 15. The third kappa shape index (κ3) is 11.1. The number of fused-ring (bicyclic) bond motifs is 1. The molecule has 0 amide bonds.